The van der Waals surface area contributed by atoms with Gasteiger partial charge in [-0.15, -0.1) is 0 Å². The molecule has 2 rings (SSSR count). The molecule has 0 amide bonds. The molecule has 0 aliphatic heterocycles. The van der Waals surface area contributed by atoms with Crippen LogP contribution in [0.5, 0.6) is 0 Å². The smallest absolute Gasteiger partial charge is 0.0726 e. The second-order valence-corrected chi connectivity index (χ2v) is 4.58. The minimum atomic E-state index is 0.629. The Balaban J connectivity index is 2.39. The molecule has 0 aliphatic carbocycles. The van der Waals surface area contributed by atoms with Crippen LogP contribution in [0.2, 0.25) is 0 Å². The van der Waals surface area contributed by atoms with Crippen LogP contribution in [0.3, 0.4) is 0 Å². The van der Waals surface area contributed by atoms with Crippen molar-refractivity contribution in [2.24, 2.45) is 0 Å². The molecule has 106 valence electrons. The first-order valence-electron chi connectivity index (χ1n) is 7.18. The van der Waals surface area contributed by atoms with Gasteiger partial charge in [-0.3, -0.25) is 0 Å². The zero-order valence-corrected chi connectivity index (χ0v) is 12.3. The average Bonchev–Trinajstić information content (AvgIpc) is 2.52. The molecule has 2 heteroatoms. The normalized spacial score (nSPS) is 10.7. The Bertz CT molecular complexity index is 520. The topological polar surface area (TPSA) is 18.5 Å². The molecule has 2 aromatic carbocycles. The summed E-state index contributed by atoms with van der Waals surface area (Å²) in [6, 6.07) is 16.8. The van der Waals surface area contributed by atoms with Gasteiger partial charge in [-0.1, -0.05) is 48.5 Å². The van der Waals surface area contributed by atoms with Gasteiger partial charge in [0.05, 0.1) is 13.2 Å². The summed E-state index contributed by atoms with van der Waals surface area (Å²) in [6.07, 6.45) is 0. The first-order valence-corrected chi connectivity index (χ1v) is 7.18. The zero-order valence-electron chi connectivity index (χ0n) is 12.3. The SMILES string of the molecule is CCOCc1cccc(-c2ccccc2)c1COCC. The number of hydrogen-bond acceptors (Lipinski definition) is 2. The van der Waals surface area contributed by atoms with Crippen LogP contribution >= 0.6 is 0 Å². The molecule has 0 saturated carbocycles. The van der Waals surface area contributed by atoms with E-state index in [1.807, 2.05) is 19.9 Å². The third kappa shape index (κ3) is 3.69. The van der Waals surface area contributed by atoms with Crippen LogP contribution in [0, 0.1) is 0 Å². The van der Waals surface area contributed by atoms with Gasteiger partial charge >= 0.3 is 0 Å². The molecule has 0 heterocycles. The first kappa shape index (κ1) is 14.8. The van der Waals surface area contributed by atoms with E-state index in [2.05, 4.69) is 42.5 Å². The monoisotopic (exact) mass is 270 g/mol. The molecule has 2 nitrogen and oxygen atoms in total. The minimum absolute atomic E-state index is 0.629. The quantitative estimate of drug-likeness (QED) is 0.741. The lowest BCUT2D eigenvalue weighted by molar-refractivity contribution is 0.120. The molecule has 0 saturated heterocycles. The van der Waals surface area contributed by atoms with E-state index in [0.29, 0.717) is 13.2 Å². The maximum Gasteiger partial charge on any atom is 0.0726 e. The lowest BCUT2D eigenvalue weighted by Gasteiger charge is -2.15. The fourth-order valence-electron chi connectivity index (χ4n) is 2.24. The van der Waals surface area contributed by atoms with Gasteiger partial charge in [0, 0.05) is 13.2 Å². The Morgan fingerprint density at radius 1 is 0.750 bits per heavy atom. The summed E-state index contributed by atoms with van der Waals surface area (Å²) >= 11 is 0. The van der Waals surface area contributed by atoms with Gasteiger partial charge in [-0.2, -0.15) is 0 Å². The van der Waals surface area contributed by atoms with E-state index in [9.17, 15) is 0 Å². The van der Waals surface area contributed by atoms with Crippen molar-refractivity contribution in [3.63, 3.8) is 0 Å². The molecule has 0 fully saturated rings. The highest BCUT2D eigenvalue weighted by atomic mass is 16.5. The third-order valence-electron chi connectivity index (χ3n) is 3.27. The predicted octanol–water partition coefficient (Wildman–Crippen LogP) is 4.43. The van der Waals surface area contributed by atoms with Crippen LogP contribution in [-0.2, 0) is 22.7 Å². The van der Waals surface area contributed by atoms with Crippen LogP contribution in [0.4, 0.5) is 0 Å². The van der Waals surface area contributed by atoms with Gasteiger partial charge in [-0.25, -0.2) is 0 Å². The van der Waals surface area contributed by atoms with Crippen molar-refractivity contribution in [3.8, 4) is 11.1 Å². The van der Waals surface area contributed by atoms with Gasteiger partial charge in [-0.05, 0) is 36.1 Å². The lowest BCUT2D eigenvalue weighted by atomic mass is 9.96. The van der Waals surface area contributed by atoms with E-state index < -0.39 is 0 Å². The Kier molecular flexibility index (Phi) is 5.78. The molecular formula is C18H22O2. The molecule has 0 aliphatic rings. The van der Waals surface area contributed by atoms with Crippen LogP contribution in [0.1, 0.15) is 25.0 Å². The maximum atomic E-state index is 5.65. The predicted molar refractivity (Wildman–Crippen MR) is 82.5 cm³/mol. The van der Waals surface area contributed by atoms with Crippen molar-refractivity contribution in [2.45, 2.75) is 27.1 Å². The Morgan fingerprint density at radius 2 is 1.45 bits per heavy atom. The van der Waals surface area contributed by atoms with Crippen molar-refractivity contribution in [3.05, 3.63) is 59.7 Å². The van der Waals surface area contributed by atoms with E-state index in [-0.39, 0.29) is 0 Å². The first-order chi connectivity index (χ1) is 9.86. The summed E-state index contributed by atoms with van der Waals surface area (Å²) in [5.74, 6) is 0. The Morgan fingerprint density at radius 3 is 2.15 bits per heavy atom. The number of hydrogen-bond donors (Lipinski definition) is 0. The molecule has 0 aromatic heterocycles. The maximum absolute atomic E-state index is 5.65. The molecule has 0 radical (unpaired) electrons. The summed E-state index contributed by atoms with van der Waals surface area (Å²) in [7, 11) is 0. The molecule has 2 aromatic rings. The minimum Gasteiger partial charge on any atom is -0.377 e. The standard InChI is InChI=1S/C18H22O2/c1-3-19-13-16-11-8-12-17(18(16)14-20-4-2)15-9-6-5-7-10-15/h5-12H,3-4,13-14H2,1-2H3. The Hall–Kier alpha value is -1.64. The zero-order chi connectivity index (χ0) is 14.2. The largest absolute Gasteiger partial charge is 0.377 e. The van der Waals surface area contributed by atoms with Crippen molar-refractivity contribution >= 4 is 0 Å². The molecule has 0 spiro atoms. The average molecular weight is 270 g/mol. The second kappa shape index (κ2) is 7.83. The lowest BCUT2D eigenvalue weighted by Crippen LogP contribution is -2.03. The van der Waals surface area contributed by atoms with Gasteiger partial charge in [0.1, 0.15) is 0 Å². The summed E-state index contributed by atoms with van der Waals surface area (Å²) in [5, 5.41) is 0. The van der Waals surface area contributed by atoms with E-state index in [4.69, 9.17) is 9.47 Å². The van der Waals surface area contributed by atoms with Crippen molar-refractivity contribution < 1.29 is 9.47 Å². The highest BCUT2D eigenvalue weighted by molar-refractivity contribution is 5.68. The Labute approximate surface area is 121 Å². The molecule has 0 bridgehead atoms. The van der Waals surface area contributed by atoms with Crippen LogP contribution in [-0.4, -0.2) is 13.2 Å². The number of ether oxygens (including phenoxy) is 2. The number of rotatable bonds is 7. The van der Waals surface area contributed by atoms with Gasteiger partial charge in [0.25, 0.3) is 0 Å². The van der Waals surface area contributed by atoms with E-state index in [0.717, 1.165) is 13.2 Å². The fourth-order valence-corrected chi connectivity index (χ4v) is 2.24. The van der Waals surface area contributed by atoms with E-state index in [1.54, 1.807) is 0 Å². The van der Waals surface area contributed by atoms with Crippen molar-refractivity contribution in [1.82, 2.24) is 0 Å². The van der Waals surface area contributed by atoms with Crippen LogP contribution in [0.25, 0.3) is 11.1 Å². The molecule has 0 N–H and O–H groups in total. The van der Waals surface area contributed by atoms with Crippen LogP contribution in [0.15, 0.2) is 48.5 Å². The molecule has 0 atom stereocenters. The molecular weight excluding hydrogens is 248 g/mol. The fraction of sp³-hybridized carbons (Fsp3) is 0.333. The van der Waals surface area contributed by atoms with Gasteiger partial charge in [0.2, 0.25) is 0 Å². The van der Waals surface area contributed by atoms with Crippen LogP contribution < -0.4 is 0 Å². The van der Waals surface area contributed by atoms with Crippen molar-refractivity contribution in [2.75, 3.05) is 13.2 Å². The summed E-state index contributed by atoms with van der Waals surface area (Å²) in [4.78, 5) is 0. The molecule has 0 unspecified atom stereocenters. The second-order valence-electron chi connectivity index (χ2n) is 4.58. The third-order valence-corrected chi connectivity index (χ3v) is 3.27. The highest BCUT2D eigenvalue weighted by Gasteiger charge is 2.10. The summed E-state index contributed by atoms with van der Waals surface area (Å²) in [5.41, 5.74) is 4.90. The van der Waals surface area contributed by atoms with Crippen molar-refractivity contribution in [1.29, 1.82) is 0 Å². The van der Waals surface area contributed by atoms with Gasteiger partial charge < -0.3 is 9.47 Å². The molecule has 20 heavy (non-hydrogen) atoms. The highest BCUT2D eigenvalue weighted by Crippen LogP contribution is 2.27. The van der Waals surface area contributed by atoms with E-state index >= 15 is 0 Å². The van der Waals surface area contributed by atoms with E-state index in [1.165, 1.54) is 22.3 Å². The summed E-state index contributed by atoms with van der Waals surface area (Å²) in [6.45, 7) is 6.75. The number of benzene rings is 2. The summed E-state index contributed by atoms with van der Waals surface area (Å²) < 4.78 is 11.2. The van der Waals surface area contributed by atoms with Gasteiger partial charge in [0.15, 0.2) is 0 Å².